The molecule has 0 aromatic heterocycles. The number of rotatable bonds is 5. The highest BCUT2D eigenvalue weighted by molar-refractivity contribution is 5.89. The van der Waals surface area contributed by atoms with E-state index >= 15 is 0 Å². The Balaban J connectivity index is 1.80. The van der Waals surface area contributed by atoms with E-state index in [9.17, 15) is 14.9 Å². The molecular weight excluding hydrogens is 280 g/mol. The van der Waals surface area contributed by atoms with Gasteiger partial charge in [0, 0.05) is 19.5 Å². The maximum atomic E-state index is 12.2. The average molecular weight is 300 g/mol. The molecule has 1 fully saturated rings. The first-order valence-electron chi connectivity index (χ1n) is 7.63. The molecule has 1 unspecified atom stereocenters. The average Bonchev–Trinajstić information content (AvgIpc) is 2.59. The lowest BCUT2D eigenvalue weighted by Crippen LogP contribution is -2.39. The summed E-state index contributed by atoms with van der Waals surface area (Å²) in [6, 6.07) is 10.7. The molecule has 0 aliphatic carbocycles. The lowest BCUT2D eigenvalue weighted by molar-refractivity contribution is -0.135. The van der Waals surface area contributed by atoms with Crippen LogP contribution in [-0.2, 0) is 9.53 Å². The molecular formula is C17H20N2O3. The highest BCUT2D eigenvalue weighted by atomic mass is 16.5. The molecule has 1 saturated heterocycles. The Morgan fingerprint density at radius 1 is 1.18 bits per heavy atom. The Morgan fingerprint density at radius 2 is 1.86 bits per heavy atom. The number of hydrogen-bond donors (Lipinski definition) is 0. The number of benzene rings is 1. The number of esters is 1. The number of piperidine rings is 1. The number of hydrogen-bond acceptors (Lipinski definition) is 4. The molecule has 5 heteroatoms. The molecule has 5 nitrogen and oxygen atoms in total. The molecule has 0 radical (unpaired) electrons. The SMILES string of the molecule is N#CC(CCOC(=O)c1ccccc1)C(=O)N1CCCCC1. The first kappa shape index (κ1) is 16.0. The summed E-state index contributed by atoms with van der Waals surface area (Å²) in [6.45, 7) is 1.52. The molecule has 2 rings (SSSR count). The predicted octanol–water partition coefficient (Wildman–Crippen LogP) is 2.39. The third kappa shape index (κ3) is 4.32. The molecule has 116 valence electrons. The van der Waals surface area contributed by atoms with Gasteiger partial charge in [-0.1, -0.05) is 18.2 Å². The second-order valence-electron chi connectivity index (χ2n) is 5.36. The van der Waals surface area contributed by atoms with Gasteiger partial charge in [0.2, 0.25) is 5.91 Å². The Bertz CT molecular complexity index is 545. The third-order valence-corrected chi connectivity index (χ3v) is 3.77. The van der Waals surface area contributed by atoms with Gasteiger partial charge in [-0.25, -0.2) is 4.79 Å². The summed E-state index contributed by atoms with van der Waals surface area (Å²) in [4.78, 5) is 25.8. The fourth-order valence-corrected chi connectivity index (χ4v) is 2.50. The van der Waals surface area contributed by atoms with E-state index < -0.39 is 11.9 Å². The summed E-state index contributed by atoms with van der Waals surface area (Å²) in [7, 11) is 0. The molecule has 0 saturated carbocycles. The van der Waals surface area contributed by atoms with E-state index in [1.165, 1.54) is 0 Å². The Labute approximate surface area is 130 Å². The van der Waals surface area contributed by atoms with E-state index in [0.29, 0.717) is 5.56 Å². The van der Waals surface area contributed by atoms with Crippen LogP contribution in [0, 0.1) is 17.2 Å². The summed E-state index contributed by atoms with van der Waals surface area (Å²) in [6.07, 6.45) is 3.36. The van der Waals surface area contributed by atoms with Gasteiger partial charge in [-0.3, -0.25) is 4.79 Å². The number of nitriles is 1. The topological polar surface area (TPSA) is 70.4 Å². The van der Waals surface area contributed by atoms with Crippen LogP contribution in [0.15, 0.2) is 30.3 Å². The maximum absolute atomic E-state index is 12.2. The summed E-state index contributed by atoms with van der Waals surface area (Å²) in [5.74, 6) is -1.30. The molecule has 1 aliphatic heterocycles. The molecule has 1 aromatic carbocycles. The number of carbonyl (C=O) groups is 2. The second kappa shape index (κ2) is 8.18. The van der Waals surface area contributed by atoms with Crippen molar-refractivity contribution in [3.05, 3.63) is 35.9 Å². The summed E-state index contributed by atoms with van der Waals surface area (Å²) >= 11 is 0. The largest absolute Gasteiger partial charge is 0.462 e. The van der Waals surface area contributed by atoms with Gasteiger partial charge in [0.1, 0.15) is 5.92 Å². The van der Waals surface area contributed by atoms with Gasteiger partial charge in [0.15, 0.2) is 0 Å². The number of likely N-dealkylation sites (tertiary alicyclic amines) is 1. The van der Waals surface area contributed by atoms with Crippen molar-refractivity contribution in [3.8, 4) is 6.07 Å². The van der Waals surface area contributed by atoms with Crippen molar-refractivity contribution >= 4 is 11.9 Å². The predicted molar refractivity (Wildman–Crippen MR) is 80.9 cm³/mol. The molecule has 1 heterocycles. The van der Waals surface area contributed by atoms with Crippen LogP contribution >= 0.6 is 0 Å². The van der Waals surface area contributed by atoms with Crippen LogP contribution in [0.3, 0.4) is 0 Å². The van der Waals surface area contributed by atoms with Crippen molar-refractivity contribution < 1.29 is 14.3 Å². The van der Waals surface area contributed by atoms with Crippen LogP contribution in [0.5, 0.6) is 0 Å². The van der Waals surface area contributed by atoms with Crippen LogP contribution in [0.25, 0.3) is 0 Å². The first-order chi connectivity index (χ1) is 10.7. The molecule has 1 atom stereocenters. The van der Waals surface area contributed by atoms with Gasteiger partial charge >= 0.3 is 5.97 Å². The van der Waals surface area contributed by atoms with Gasteiger partial charge in [-0.2, -0.15) is 5.26 Å². The van der Waals surface area contributed by atoms with Crippen molar-refractivity contribution in [2.24, 2.45) is 5.92 Å². The lowest BCUT2D eigenvalue weighted by Gasteiger charge is -2.28. The lowest BCUT2D eigenvalue weighted by atomic mass is 10.0. The van der Waals surface area contributed by atoms with Gasteiger partial charge in [0.25, 0.3) is 0 Å². The van der Waals surface area contributed by atoms with Crippen LogP contribution in [-0.4, -0.2) is 36.5 Å². The van der Waals surface area contributed by atoms with Gasteiger partial charge < -0.3 is 9.64 Å². The van der Waals surface area contributed by atoms with Crippen LogP contribution in [0.1, 0.15) is 36.0 Å². The fourth-order valence-electron chi connectivity index (χ4n) is 2.50. The van der Waals surface area contributed by atoms with Crippen molar-refractivity contribution in [1.29, 1.82) is 5.26 Å². The van der Waals surface area contributed by atoms with Crippen molar-refractivity contribution in [3.63, 3.8) is 0 Å². The minimum atomic E-state index is -0.735. The minimum Gasteiger partial charge on any atom is -0.462 e. The van der Waals surface area contributed by atoms with Gasteiger partial charge in [-0.15, -0.1) is 0 Å². The van der Waals surface area contributed by atoms with E-state index in [4.69, 9.17) is 4.74 Å². The van der Waals surface area contributed by atoms with E-state index in [-0.39, 0.29) is 18.9 Å². The fraction of sp³-hybridized carbons (Fsp3) is 0.471. The van der Waals surface area contributed by atoms with Gasteiger partial charge in [-0.05, 0) is 31.4 Å². The van der Waals surface area contributed by atoms with Crippen LogP contribution in [0.4, 0.5) is 0 Å². The summed E-state index contributed by atoms with van der Waals surface area (Å²) in [5.41, 5.74) is 0.471. The molecule has 0 N–H and O–H groups in total. The highest BCUT2D eigenvalue weighted by Crippen LogP contribution is 2.14. The van der Waals surface area contributed by atoms with Crippen LogP contribution < -0.4 is 0 Å². The smallest absolute Gasteiger partial charge is 0.338 e. The standard InChI is InChI=1S/C17H20N2O3/c18-13-15(16(20)19-10-5-2-6-11-19)9-12-22-17(21)14-7-3-1-4-8-14/h1,3-4,7-8,15H,2,5-6,9-12H2. The highest BCUT2D eigenvalue weighted by Gasteiger charge is 2.25. The number of ether oxygens (including phenoxy) is 1. The normalized spacial score (nSPS) is 15.7. The van der Waals surface area contributed by atoms with Crippen molar-refractivity contribution in [1.82, 2.24) is 4.90 Å². The summed E-state index contributed by atoms with van der Waals surface area (Å²) in [5, 5.41) is 9.17. The van der Waals surface area contributed by atoms with Crippen molar-refractivity contribution in [2.75, 3.05) is 19.7 Å². The number of nitrogens with zero attached hydrogens (tertiary/aromatic N) is 2. The monoisotopic (exact) mass is 300 g/mol. The Kier molecular flexibility index (Phi) is 5.96. The molecule has 1 amide bonds. The molecule has 1 aromatic rings. The quantitative estimate of drug-likeness (QED) is 0.783. The first-order valence-corrected chi connectivity index (χ1v) is 7.63. The molecule has 0 bridgehead atoms. The maximum Gasteiger partial charge on any atom is 0.338 e. The summed E-state index contributed by atoms with van der Waals surface area (Å²) < 4.78 is 5.14. The second-order valence-corrected chi connectivity index (χ2v) is 5.36. The zero-order valence-corrected chi connectivity index (χ0v) is 12.5. The molecule has 0 spiro atoms. The van der Waals surface area contributed by atoms with E-state index in [2.05, 4.69) is 0 Å². The number of carbonyl (C=O) groups excluding carboxylic acids is 2. The van der Waals surface area contributed by atoms with Gasteiger partial charge in [0.05, 0.1) is 18.2 Å². The molecule has 1 aliphatic rings. The Morgan fingerprint density at radius 3 is 2.50 bits per heavy atom. The van der Waals surface area contributed by atoms with Crippen molar-refractivity contribution in [2.45, 2.75) is 25.7 Å². The minimum absolute atomic E-state index is 0.0749. The zero-order chi connectivity index (χ0) is 15.8. The van der Waals surface area contributed by atoms with Crippen LogP contribution in [0.2, 0.25) is 0 Å². The van der Waals surface area contributed by atoms with E-state index in [1.807, 2.05) is 12.1 Å². The zero-order valence-electron chi connectivity index (χ0n) is 12.5. The molecule has 22 heavy (non-hydrogen) atoms. The number of amides is 1. The third-order valence-electron chi connectivity index (χ3n) is 3.77. The van der Waals surface area contributed by atoms with E-state index in [1.54, 1.807) is 29.2 Å². The van der Waals surface area contributed by atoms with E-state index in [0.717, 1.165) is 32.4 Å². The Hall–Kier alpha value is -2.35.